The van der Waals surface area contributed by atoms with Gasteiger partial charge in [-0.2, -0.15) is 0 Å². The lowest BCUT2D eigenvalue weighted by Crippen LogP contribution is -2.52. The molecule has 0 radical (unpaired) electrons. The van der Waals surface area contributed by atoms with Crippen molar-refractivity contribution in [2.75, 3.05) is 37.6 Å². The summed E-state index contributed by atoms with van der Waals surface area (Å²) in [4.78, 5) is 20.1. The van der Waals surface area contributed by atoms with Crippen molar-refractivity contribution in [2.45, 2.75) is 0 Å². The Hall–Kier alpha value is -2.04. The zero-order valence-electron chi connectivity index (χ0n) is 10.4. The third kappa shape index (κ3) is 3.00. The quantitative estimate of drug-likeness (QED) is 0.812. The van der Waals surface area contributed by atoms with E-state index in [1.54, 1.807) is 12.3 Å². The van der Waals surface area contributed by atoms with E-state index in [1.165, 1.54) is 0 Å². The highest BCUT2D eigenvalue weighted by atomic mass is 16.2. The van der Waals surface area contributed by atoms with Crippen molar-refractivity contribution in [2.24, 2.45) is 0 Å². The molecular formula is C13H18N4O. The molecular weight excluding hydrogens is 228 g/mol. The number of nitrogens with zero attached hydrogens (tertiary/aromatic N) is 3. The molecule has 2 heterocycles. The first-order valence-electron chi connectivity index (χ1n) is 6.11. The van der Waals surface area contributed by atoms with Crippen molar-refractivity contribution in [1.29, 1.82) is 0 Å². The van der Waals surface area contributed by atoms with E-state index in [2.05, 4.69) is 21.8 Å². The molecule has 1 aliphatic heterocycles. The molecule has 0 unspecified atom stereocenters. The van der Waals surface area contributed by atoms with Crippen LogP contribution in [0.25, 0.3) is 0 Å². The fourth-order valence-corrected chi connectivity index (χ4v) is 1.95. The van der Waals surface area contributed by atoms with E-state index in [1.807, 2.05) is 23.1 Å². The largest absolute Gasteiger partial charge is 0.353 e. The maximum Gasteiger partial charge on any atom is 0.317 e. The molecule has 1 fully saturated rings. The van der Waals surface area contributed by atoms with Crippen LogP contribution in [0.3, 0.4) is 0 Å². The Kier molecular flexibility index (Phi) is 4.17. The first-order chi connectivity index (χ1) is 8.81. The molecule has 1 saturated heterocycles. The van der Waals surface area contributed by atoms with Crippen LogP contribution in [0.2, 0.25) is 0 Å². The zero-order chi connectivity index (χ0) is 12.8. The highest BCUT2D eigenvalue weighted by Crippen LogP contribution is 2.12. The summed E-state index contributed by atoms with van der Waals surface area (Å²) >= 11 is 0. The Morgan fingerprint density at radius 3 is 2.78 bits per heavy atom. The van der Waals surface area contributed by atoms with Crippen LogP contribution in [-0.2, 0) is 0 Å². The van der Waals surface area contributed by atoms with E-state index < -0.39 is 0 Å². The monoisotopic (exact) mass is 246 g/mol. The van der Waals surface area contributed by atoms with E-state index in [4.69, 9.17) is 0 Å². The standard InChI is InChI=1S/C13H18N4O/c1-2-6-15-13(18)17-10-8-16(9-11-17)12-5-3-4-7-14-12/h2-5,7H,1,6,8-11H2,(H,15,18). The summed E-state index contributed by atoms with van der Waals surface area (Å²) < 4.78 is 0. The number of aromatic nitrogens is 1. The number of pyridine rings is 1. The maximum atomic E-state index is 11.7. The molecule has 1 N–H and O–H groups in total. The maximum absolute atomic E-state index is 11.7. The van der Waals surface area contributed by atoms with Crippen molar-refractivity contribution < 1.29 is 4.79 Å². The van der Waals surface area contributed by atoms with Gasteiger partial charge in [-0.25, -0.2) is 9.78 Å². The Bertz CT molecular complexity index is 399. The molecule has 18 heavy (non-hydrogen) atoms. The van der Waals surface area contributed by atoms with Crippen LogP contribution < -0.4 is 10.2 Å². The van der Waals surface area contributed by atoms with Crippen LogP contribution in [0, 0.1) is 0 Å². The van der Waals surface area contributed by atoms with Gasteiger partial charge in [0.25, 0.3) is 0 Å². The summed E-state index contributed by atoms with van der Waals surface area (Å²) in [5.41, 5.74) is 0. The van der Waals surface area contributed by atoms with Crippen molar-refractivity contribution in [3.63, 3.8) is 0 Å². The average molecular weight is 246 g/mol. The van der Waals surface area contributed by atoms with Gasteiger partial charge in [0.1, 0.15) is 5.82 Å². The average Bonchev–Trinajstić information content (AvgIpc) is 2.46. The summed E-state index contributed by atoms with van der Waals surface area (Å²) in [6.45, 7) is 7.17. The molecule has 2 rings (SSSR count). The molecule has 0 saturated carbocycles. The number of anilines is 1. The van der Waals surface area contributed by atoms with E-state index in [0.717, 1.165) is 32.0 Å². The number of amides is 2. The second kappa shape index (κ2) is 6.05. The number of nitrogens with one attached hydrogen (secondary N) is 1. The summed E-state index contributed by atoms with van der Waals surface area (Å²) in [6.07, 6.45) is 3.47. The number of urea groups is 1. The highest BCUT2D eigenvalue weighted by Gasteiger charge is 2.20. The molecule has 5 heteroatoms. The van der Waals surface area contributed by atoms with Gasteiger partial charge in [0.05, 0.1) is 0 Å². The van der Waals surface area contributed by atoms with Crippen LogP contribution in [0.15, 0.2) is 37.1 Å². The summed E-state index contributed by atoms with van der Waals surface area (Å²) in [5.74, 6) is 0.976. The predicted octanol–water partition coefficient (Wildman–Crippen LogP) is 1.10. The normalized spacial score (nSPS) is 15.3. The van der Waals surface area contributed by atoms with Crippen LogP contribution in [-0.4, -0.2) is 48.6 Å². The lowest BCUT2D eigenvalue weighted by atomic mass is 10.3. The Labute approximate surface area is 107 Å². The molecule has 96 valence electrons. The Morgan fingerprint density at radius 2 is 2.17 bits per heavy atom. The van der Waals surface area contributed by atoms with Crippen LogP contribution in [0.1, 0.15) is 0 Å². The summed E-state index contributed by atoms with van der Waals surface area (Å²) in [6, 6.07) is 5.86. The number of hydrogen-bond acceptors (Lipinski definition) is 3. The lowest BCUT2D eigenvalue weighted by molar-refractivity contribution is 0.195. The number of rotatable bonds is 3. The molecule has 0 bridgehead atoms. The van der Waals surface area contributed by atoms with E-state index >= 15 is 0 Å². The molecule has 5 nitrogen and oxygen atoms in total. The Morgan fingerprint density at radius 1 is 1.39 bits per heavy atom. The molecule has 1 aromatic heterocycles. The van der Waals surface area contributed by atoms with Gasteiger partial charge in [-0.1, -0.05) is 12.1 Å². The van der Waals surface area contributed by atoms with Crippen LogP contribution >= 0.6 is 0 Å². The van der Waals surface area contributed by atoms with Gasteiger partial charge in [-0.15, -0.1) is 6.58 Å². The lowest BCUT2D eigenvalue weighted by Gasteiger charge is -2.35. The van der Waals surface area contributed by atoms with Gasteiger partial charge in [-0.3, -0.25) is 0 Å². The number of piperazine rings is 1. The molecule has 0 aromatic carbocycles. The number of hydrogen-bond donors (Lipinski definition) is 1. The molecule has 0 aliphatic carbocycles. The fourth-order valence-electron chi connectivity index (χ4n) is 1.95. The van der Waals surface area contributed by atoms with Crippen molar-refractivity contribution in [3.05, 3.63) is 37.1 Å². The van der Waals surface area contributed by atoms with Crippen LogP contribution in [0.5, 0.6) is 0 Å². The van der Waals surface area contributed by atoms with Crippen LogP contribution in [0.4, 0.5) is 10.6 Å². The van der Waals surface area contributed by atoms with Gasteiger partial charge in [0.15, 0.2) is 0 Å². The van der Waals surface area contributed by atoms with Crippen molar-refractivity contribution in [1.82, 2.24) is 15.2 Å². The summed E-state index contributed by atoms with van der Waals surface area (Å²) in [5, 5.41) is 2.79. The van der Waals surface area contributed by atoms with E-state index in [9.17, 15) is 4.79 Å². The van der Waals surface area contributed by atoms with Gasteiger partial charge in [-0.05, 0) is 12.1 Å². The van der Waals surface area contributed by atoms with Gasteiger partial charge >= 0.3 is 6.03 Å². The van der Waals surface area contributed by atoms with Gasteiger partial charge < -0.3 is 15.1 Å². The number of carbonyl (C=O) groups is 1. The highest BCUT2D eigenvalue weighted by molar-refractivity contribution is 5.74. The minimum absolute atomic E-state index is 0.0180. The minimum Gasteiger partial charge on any atom is -0.353 e. The SMILES string of the molecule is C=CCNC(=O)N1CCN(c2ccccn2)CC1. The molecule has 0 spiro atoms. The third-order valence-corrected chi connectivity index (χ3v) is 2.94. The third-order valence-electron chi connectivity index (χ3n) is 2.94. The first kappa shape index (κ1) is 12.4. The van der Waals surface area contributed by atoms with E-state index in [0.29, 0.717) is 6.54 Å². The molecule has 0 atom stereocenters. The second-order valence-corrected chi connectivity index (χ2v) is 4.14. The molecule has 1 aromatic rings. The fraction of sp³-hybridized carbons (Fsp3) is 0.385. The molecule has 2 amide bonds. The predicted molar refractivity (Wildman–Crippen MR) is 71.6 cm³/mol. The zero-order valence-corrected chi connectivity index (χ0v) is 10.4. The summed E-state index contributed by atoms with van der Waals surface area (Å²) in [7, 11) is 0. The number of carbonyl (C=O) groups excluding carboxylic acids is 1. The van der Waals surface area contributed by atoms with Gasteiger partial charge in [0.2, 0.25) is 0 Å². The van der Waals surface area contributed by atoms with Crippen molar-refractivity contribution in [3.8, 4) is 0 Å². The molecule has 1 aliphatic rings. The van der Waals surface area contributed by atoms with E-state index in [-0.39, 0.29) is 6.03 Å². The smallest absolute Gasteiger partial charge is 0.317 e. The topological polar surface area (TPSA) is 48.5 Å². The van der Waals surface area contributed by atoms with Crippen molar-refractivity contribution >= 4 is 11.8 Å². The first-order valence-corrected chi connectivity index (χ1v) is 6.11. The van der Waals surface area contributed by atoms with Gasteiger partial charge in [0, 0.05) is 38.9 Å². The Balaban J connectivity index is 1.84. The second-order valence-electron chi connectivity index (χ2n) is 4.14. The minimum atomic E-state index is -0.0180.